The van der Waals surface area contributed by atoms with Crippen LogP contribution in [0.25, 0.3) is 0 Å². The van der Waals surface area contributed by atoms with Crippen molar-refractivity contribution in [3.05, 3.63) is 29.6 Å². The van der Waals surface area contributed by atoms with Crippen LogP contribution in [0.2, 0.25) is 0 Å². The molecule has 1 aliphatic rings. The number of nitrogens with zero attached hydrogens (tertiary/aromatic N) is 1. The molecule has 2 N–H and O–H groups in total. The van der Waals surface area contributed by atoms with Crippen molar-refractivity contribution in [2.45, 2.75) is 58.0 Å². The van der Waals surface area contributed by atoms with E-state index in [9.17, 15) is 4.79 Å². The van der Waals surface area contributed by atoms with Crippen molar-refractivity contribution >= 4 is 5.91 Å². The van der Waals surface area contributed by atoms with Crippen molar-refractivity contribution in [3.63, 3.8) is 0 Å². The van der Waals surface area contributed by atoms with E-state index < -0.39 is 0 Å². The number of carbonyl (C=O) groups excluding carboxylic acids is 1. The lowest BCUT2D eigenvalue weighted by molar-refractivity contribution is -0.119. The smallest absolute Gasteiger partial charge is 0.217 e. The number of rotatable bonds is 5. The van der Waals surface area contributed by atoms with Crippen molar-refractivity contribution in [2.24, 2.45) is 0 Å². The quantitative estimate of drug-likeness (QED) is 0.864. The predicted molar refractivity (Wildman–Crippen MR) is 80.5 cm³/mol. The van der Waals surface area contributed by atoms with Crippen molar-refractivity contribution in [1.29, 1.82) is 0 Å². The van der Waals surface area contributed by atoms with Crippen LogP contribution in [0.5, 0.6) is 0 Å². The van der Waals surface area contributed by atoms with E-state index in [1.165, 1.54) is 5.56 Å². The van der Waals surface area contributed by atoms with Crippen LogP contribution in [0.1, 0.15) is 43.9 Å². The van der Waals surface area contributed by atoms with Crippen molar-refractivity contribution in [2.75, 3.05) is 6.54 Å². The highest BCUT2D eigenvalue weighted by Crippen LogP contribution is 2.18. The summed E-state index contributed by atoms with van der Waals surface area (Å²) in [7, 11) is 0. The zero-order valence-electron chi connectivity index (χ0n) is 12.5. The molecule has 0 spiro atoms. The SMILES string of the molecule is CC(=O)NC1CCC(NCCc2ccc(C)nc2)CC1. The molecule has 110 valence electrons. The van der Waals surface area contributed by atoms with E-state index in [0.29, 0.717) is 12.1 Å². The van der Waals surface area contributed by atoms with E-state index in [1.54, 1.807) is 6.92 Å². The van der Waals surface area contributed by atoms with Gasteiger partial charge in [0.2, 0.25) is 5.91 Å². The molecular weight excluding hydrogens is 250 g/mol. The van der Waals surface area contributed by atoms with Crippen molar-refractivity contribution < 1.29 is 4.79 Å². The molecule has 0 atom stereocenters. The van der Waals surface area contributed by atoms with Gasteiger partial charge in [-0.2, -0.15) is 0 Å². The lowest BCUT2D eigenvalue weighted by Gasteiger charge is -2.29. The highest BCUT2D eigenvalue weighted by atomic mass is 16.1. The first-order chi connectivity index (χ1) is 9.63. The Morgan fingerprint density at radius 1 is 1.25 bits per heavy atom. The van der Waals surface area contributed by atoms with Crippen LogP contribution < -0.4 is 10.6 Å². The average Bonchev–Trinajstić information content (AvgIpc) is 2.42. The minimum atomic E-state index is 0.0910. The first-order valence-corrected chi connectivity index (χ1v) is 7.55. The Labute approximate surface area is 121 Å². The first kappa shape index (κ1) is 15.0. The highest BCUT2D eigenvalue weighted by Gasteiger charge is 2.20. The number of aryl methyl sites for hydroxylation is 1. The van der Waals surface area contributed by atoms with Crippen LogP contribution in [-0.2, 0) is 11.2 Å². The molecule has 1 fully saturated rings. The molecule has 0 saturated heterocycles. The summed E-state index contributed by atoms with van der Waals surface area (Å²) in [6, 6.07) is 5.19. The molecule has 1 aromatic rings. The lowest BCUT2D eigenvalue weighted by Crippen LogP contribution is -2.41. The second-order valence-electron chi connectivity index (χ2n) is 5.76. The molecule has 0 aliphatic heterocycles. The maximum absolute atomic E-state index is 11.0. The van der Waals surface area contributed by atoms with Gasteiger partial charge in [0.25, 0.3) is 0 Å². The number of aromatic nitrogens is 1. The third-order valence-electron chi connectivity index (χ3n) is 3.95. The summed E-state index contributed by atoms with van der Waals surface area (Å²) in [5.41, 5.74) is 2.35. The fourth-order valence-electron chi connectivity index (χ4n) is 2.80. The largest absolute Gasteiger partial charge is 0.354 e. The zero-order valence-corrected chi connectivity index (χ0v) is 12.5. The van der Waals surface area contributed by atoms with E-state index in [4.69, 9.17) is 0 Å². The summed E-state index contributed by atoms with van der Waals surface area (Å²) in [5, 5.41) is 6.63. The zero-order chi connectivity index (χ0) is 14.4. The Morgan fingerprint density at radius 3 is 2.55 bits per heavy atom. The minimum Gasteiger partial charge on any atom is -0.354 e. The maximum Gasteiger partial charge on any atom is 0.217 e. The number of pyridine rings is 1. The number of hydrogen-bond donors (Lipinski definition) is 2. The van der Waals surface area contributed by atoms with E-state index in [2.05, 4.69) is 27.8 Å². The van der Waals surface area contributed by atoms with Gasteiger partial charge in [0.1, 0.15) is 0 Å². The molecule has 20 heavy (non-hydrogen) atoms. The Bertz CT molecular complexity index is 422. The summed E-state index contributed by atoms with van der Waals surface area (Å²) in [4.78, 5) is 15.3. The van der Waals surface area contributed by atoms with Gasteiger partial charge < -0.3 is 10.6 Å². The molecule has 0 radical (unpaired) electrons. The summed E-state index contributed by atoms with van der Waals surface area (Å²) in [6.45, 7) is 4.61. The van der Waals surface area contributed by atoms with Gasteiger partial charge in [-0.3, -0.25) is 9.78 Å². The number of carbonyl (C=O) groups is 1. The standard InChI is InChI=1S/C16H25N3O/c1-12-3-4-14(11-18-12)9-10-17-15-5-7-16(8-6-15)19-13(2)20/h3-4,11,15-17H,5-10H2,1-2H3,(H,19,20). The minimum absolute atomic E-state index is 0.0910. The topological polar surface area (TPSA) is 54.0 Å². The monoisotopic (exact) mass is 275 g/mol. The molecule has 1 aromatic heterocycles. The van der Waals surface area contributed by atoms with E-state index in [0.717, 1.165) is 44.3 Å². The van der Waals surface area contributed by atoms with Gasteiger partial charge in [-0.25, -0.2) is 0 Å². The van der Waals surface area contributed by atoms with Crippen LogP contribution in [0, 0.1) is 6.92 Å². The second kappa shape index (κ2) is 7.39. The molecule has 0 bridgehead atoms. The van der Waals surface area contributed by atoms with Crippen molar-refractivity contribution in [1.82, 2.24) is 15.6 Å². The maximum atomic E-state index is 11.0. The van der Waals surface area contributed by atoms with Crippen LogP contribution in [0.15, 0.2) is 18.3 Å². The van der Waals surface area contributed by atoms with Crippen LogP contribution >= 0.6 is 0 Å². The highest BCUT2D eigenvalue weighted by molar-refractivity contribution is 5.73. The molecule has 2 rings (SSSR count). The van der Waals surface area contributed by atoms with Crippen LogP contribution in [-0.4, -0.2) is 29.5 Å². The number of nitrogens with one attached hydrogen (secondary N) is 2. The molecule has 4 nitrogen and oxygen atoms in total. The second-order valence-corrected chi connectivity index (χ2v) is 5.76. The molecule has 1 amide bonds. The van der Waals surface area contributed by atoms with Gasteiger partial charge in [0, 0.05) is 30.9 Å². The van der Waals surface area contributed by atoms with E-state index >= 15 is 0 Å². The molecule has 1 heterocycles. The molecule has 0 unspecified atom stereocenters. The number of hydrogen-bond acceptors (Lipinski definition) is 3. The third kappa shape index (κ3) is 4.93. The summed E-state index contributed by atoms with van der Waals surface area (Å²) in [5.74, 6) is 0.0910. The molecule has 1 aliphatic carbocycles. The normalized spacial score (nSPS) is 22.5. The third-order valence-corrected chi connectivity index (χ3v) is 3.95. The van der Waals surface area contributed by atoms with Gasteiger partial charge in [-0.05, 0) is 57.2 Å². The van der Waals surface area contributed by atoms with E-state index in [-0.39, 0.29) is 5.91 Å². The molecule has 1 saturated carbocycles. The lowest BCUT2D eigenvalue weighted by atomic mass is 9.91. The fraction of sp³-hybridized carbons (Fsp3) is 0.625. The van der Waals surface area contributed by atoms with Crippen LogP contribution in [0.3, 0.4) is 0 Å². The Hall–Kier alpha value is -1.42. The van der Waals surface area contributed by atoms with Crippen molar-refractivity contribution in [3.8, 4) is 0 Å². The predicted octanol–water partition coefficient (Wildman–Crippen LogP) is 1.97. The Kier molecular flexibility index (Phi) is 5.53. The van der Waals surface area contributed by atoms with Crippen LogP contribution in [0.4, 0.5) is 0 Å². The first-order valence-electron chi connectivity index (χ1n) is 7.55. The van der Waals surface area contributed by atoms with E-state index in [1.807, 2.05) is 13.1 Å². The Balaban J connectivity index is 1.63. The Morgan fingerprint density at radius 2 is 1.95 bits per heavy atom. The molecule has 4 heteroatoms. The molecular formula is C16H25N3O. The van der Waals surface area contributed by atoms with Gasteiger partial charge in [0.05, 0.1) is 0 Å². The number of amides is 1. The summed E-state index contributed by atoms with van der Waals surface area (Å²) in [6.07, 6.45) is 7.46. The summed E-state index contributed by atoms with van der Waals surface area (Å²) >= 11 is 0. The van der Waals surface area contributed by atoms with Gasteiger partial charge >= 0.3 is 0 Å². The molecule has 0 aromatic carbocycles. The van der Waals surface area contributed by atoms with Gasteiger partial charge in [0.15, 0.2) is 0 Å². The van der Waals surface area contributed by atoms with Gasteiger partial charge in [-0.15, -0.1) is 0 Å². The average molecular weight is 275 g/mol. The van der Waals surface area contributed by atoms with Gasteiger partial charge in [-0.1, -0.05) is 6.07 Å². The summed E-state index contributed by atoms with van der Waals surface area (Å²) < 4.78 is 0. The fourth-order valence-corrected chi connectivity index (χ4v) is 2.80.